The minimum absolute atomic E-state index is 0.0549. The summed E-state index contributed by atoms with van der Waals surface area (Å²) in [6, 6.07) is 9.64. The Hall–Kier alpha value is -2.80. The molecule has 3 aromatic rings. The molecule has 0 bridgehead atoms. The maximum Gasteiger partial charge on any atom is 0.354 e. The molecule has 7 heteroatoms. The molecule has 0 fully saturated rings. The van der Waals surface area contributed by atoms with Crippen molar-refractivity contribution in [3.05, 3.63) is 53.3 Å². The van der Waals surface area contributed by atoms with E-state index in [9.17, 15) is 9.59 Å². The van der Waals surface area contributed by atoms with Crippen molar-refractivity contribution in [1.82, 2.24) is 9.97 Å². The topological polar surface area (TPSA) is 92.2 Å². The van der Waals surface area contributed by atoms with E-state index in [2.05, 4.69) is 15.3 Å². The van der Waals surface area contributed by atoms with Gasteiger partial charge in [-0.15, -0.1) is 11.3 Å². The fraction of sp³-hybridized carbons (Fsp3) is 0. The summed E-state index contributed by atoms with van der Waals surface area (Å²) in [6.07, 6.45) is 0. The fourth-order valence-electron chi connectivity index (χ4n) is 1.81. The Morgan fingerprint density at radius 3 is 2.76 bits per heavy atom. The van der Waals surface area contributed by atoms with Crippen LogP contribution in [0.5, 0.6) is 0 Å². The third-order valence-corrected chi connectivity index (χ3v) is 3.58. The minimum Gasteiger partial charge on any atom is -0.477 e. The SMILES string of the molecule is O=C(O)c1cccc(C(=O)Nc2ccc3ncsc3c2)n1. The first-order chi connectivity index (χ1) is 10.1. The van der Waals surface area contributed by atoms with Gasteiger partial charge in [-0.05, 0) is 30.3 Å². The van der Waals surface area contributed by atoms with Gasteiger partial charge in [-0.3, -0.25) is 4.79 Å². The highest BCUT2D eigenvalue weighted by atomic mass is 32.1. The number of carboxylic acids is 1. The number of thiazole rings is 1. The van der Waals surface area contributed by atoms with Crippen LogP contribution in [0.4, 0.5) is 5.69 Å². The molecule has 0 unspecified atom stereocenters. The summed E-state index contributed by atoms with van der Waals surface area (Å²) in [5.74, 6) is -1.63. The number of nitrogens with one attached hydrogen (secondary N) is 1. The van der Waals surface area contributed by atoms with Crippen LogP contribution in [0.3, 0.4) is 0 Å². The van der Waals surface area contributed by atoms with Gasteiger partial charge in [0.2, 0.25) is 0 Å². The van der Waals surface area contributed by atoms with Crippen molar-refractivity contribution in [3.8, 4) is 0 Å². The Morgan fingerprint density at radius 2 is 1.95 bits per heavy atom. The molecule has 6 nitrogen and oxygen atoms in total. The molecule has 1 aromatic carbocycles. The first-order valence-corrected chi connectivity index (χ1v) is 6.86. The smallest absolute Gasteiger partial charge is 0.354 e. The fourth-order valence-corrected chi connectivity index (χ4v) is 2.52. The predicted molar refractivity (Wildman–Crippen MR) is 78.8 cm³/mol. The van der Waals surface area contributed by atoms with E-state index in [1.54, 1.807) is 11.6 Å². The Kier molecular flexibility index (Phi) is 3.33. The number of carbonyl (C=O) groups excluding carboxylic acids is 1. The molecule has 21 heavy (non-hydrogen) atoms. The Bertz CT molecular complexity index is 844. The number of benzene rings is 1. The van der Waals surface area contributed by atoms with Crippen molar-refractivity contribution in [2.75, 3.05) is 5.32 Å². The van der Waals surface area contributed by atoms with E-state index in [0.29, 0.717) is 5.69 Å². The summed E-state index contributed by atoms with van der Waals surface area (Å²) >= 11 is 1.47. The number of pyridine rings is 1. The highest BCUT2D eigenvalue weighted by molar-refractivity contribution is 7.16. The molecule has 0 radical (unpaired) electrons. The number of carbonyl (C=O) groups is 2. The lowest BCUT2D eigenvalue weighted by Gasteiger charge is -2.05. The molecule has 3 rings (SSSR count). The molecule has 104 valence electrons. The number of fused-ring (bicyclic) bond motifs is 1. The Balaban J connectivity index is 1.85. The second-order valence-electron chi connectivity index (χ2n) is 4.20. The Labute approximate surface area is 123 Å². The third-order valence-electron chi connectivity index (χ3n) is 2.79. The van der Waals surface area contributed by atoms with Crippen LogP contribution in [0.1, 0.15) is 21.0 Å². The number of carboxylic acid groups (broad SMARTS) is 1. The highest BCUT2D eigenvalue weighted by Crippen LogP contribution is 2.22. The van der Waals surface area contributed by atoms with Gasteiger partial charge in [0, 0.05) is 5.69 Å². The van der Waals surface area contributed by atoms with Crippen LogP contribution in [0.25, 0.3) is 10.2 Å². The summed E-state index contributed by atoms with van der Waals surface area (Å²) in [7, 11) is 0. The predicted octanol–water partition coefficient (Wildman–Crippen LogP) is 2.64. The molecular formula is C14H9N3O3S. The van der Waals surface area contributed by atoms with E-state index in [1.165, 1.54) is 29.5 Å². The summed E-state index contributed by atoms with van der Waals surface area (Å²) in [5, 5.41) is 11.6. The number of aromatic carboxylic acids is 1. The van der Waals surface area contributed by atoms with Crippen LogP contribution in [0, 0.1) is 0 Å². The van der Waals surface area contributed by atoms with Crippen molar-refractivity contribution in [2.24, 2.45) is 0 Å². The molecule has 2 heterocycles. The number of nitrogens with zero attached hydrogens (tertiary/aromatic N) is 2. The van der Waals surface area contributed by atoms with E-state index < -0.39 is 11.9 Å². The van der Waals surface area contributed by atoms with Crippen molar-refractivity contribution < 1.29 is 14.7 Å². The maximum atomic E-state index is 12.1. The van der Waals surface area contributed by atoms with E-state index in [4.69, 9.17) is 5.11 Å². The van der Waals surface area contributed by atoms with Gasteiger partial charge in [0.15, 0.2) is 0 Å². The van der Waals surface area contributed by atoms with Gasteiger partial charge in [-0.1, -0.05) is 6.07 Å². The number of amides is 1. The summed E-state index contributed by atoms with van der Waals surface area (Å²) < 4.78 is 0.958. The van der Waals surface area contributed by atoms with Crippen molar-refractivity contribution in [3.63, 3.8) is 0 Å². The summed E-state index contributed by atoms with van der Waals surface area (Å²) in [5.41, 5.74) is 3.09. The van der Waals surface area contributed by atoms with Crippen LogP contribution in [0.2, 0.25) is 0 Å². The van der Waals surface area contributed by atoms with E-state index >= 15 is 0 Å². The lowest BCUT2D eigenvalue weighted by Crippen LogP contribution is -2.15. The average Bonchev–Trinajstić information content (AvgIpc) is 2.95. The van der Waals surface area contributed by atoms with Crippen molar-refractivity contribution in [2.45, 2.75) is 0 Å². The zero-order chi connectivity index (χ0) is 14.8. The summed E-state index contributed by atoms with van der Waals surface area (Å²) in [6.45, 7) is 0. The highest BCUT2D eigenvalue weighted by Gasteiger charge is 2.12. The number of rotatable bonds is 3. The molecule has 0 saturated carbocycles. The van der Waals surface area contributed by atoms with Crippen molar-refractivity contribution in [1.29, 1.82) is 0 Å². The molecule has 1 amide bonds. The lowest BCUT2D eigenvalue weighted by atomic mass is 10.2. The van der Waals surface area contributed by atoms with Gasteiger partial charge in [0.05, 0.1) is 15.7 Å². The molecule has 0 aliphatic heterocycles. The van der Waals surface area contributed by atoms with Gasteiger partial charge in [-0.2, -0.15) is 0 Å². The molecule has 0 aliphatic rings. The van der Waals surface area contributed by atoms with E-state index in [0.717, 1.165) is 10.2 Å². The third kappa shape index (κ3) is 2.72. The zero-order valence-electron chi connectivity index (χ0n) is 10.6. The molecule has 0 atom stereocenters. The molecule has 0 spiro atoms. The van der Waals surface area contributed by atoms with Gasteiger partial charge in [0.25, 0.3) is 5.91 Å². The first kappa shape index (κ1) is 13.2. The monoisotopic (exact) mass is 299 g/mol. The second kappa shape index (κ2) is 5.29. The molecule has 2 N–H and O–H groups in total. The molecular weight excluding hydrogens is 290 g/mol. The zero-order valence-corrected chi connectivity index (χ0v) is 11.4. The first-order valence-electron chi connectivity index (χ1n) is 5.98. The number of hydrogen-bond donors (Lipinski definition) is 2. The minimum atomic E-state index is -1.17. The quantitative estimate of drug-likeness (QED) is 0.775. The van der Waals surface area contributed by atoms with Gasteiger partial charge in [0.1, 0.15) is 11.4 Å². The summed E-state index contributed by atoms with van der Waals surface area (Å²) in [4.78, 5) is 30.9. The van der Waals surface area contributed by atoms with E-state index in [-0.39, 0.29) is 11.4 Å². The molecule has 0 saturated heterocycles. The van der Waals surface area contributed by atoms with Crippen LogP contribution >= 0.6 is 11.3 Å². The van der Waals surface area contributed by atoms with Gasteiger partial charge >= 0.3 is 5.97 Å². The van der Waals surface area contributed by atoms with Crippen molar-refractivity contribution >= 4 is 39.1 Å². The second-order valence-corrected chi connectivity index (χ2v) is 5.09. The van der Waals surface area contributed by atoms with Crippen LogP contribution < -0.4 is 5.32 Å². The van der Waals surface area contributed by atoms with Gasteiger partial charge in [-0.25, -0.2) is 14.8 Å². The standard InChI is InChI=1S/C14H9N3O3S/c18-13(10-2-1-3-11(17-10)14(19)20)16-8-4-5-9-12(6-8)21-7-15-9/h1-7H,(H,16,18)(H,19,20). The molecule has 2 aromatic heterocycles. The Morgan fingerprint density at radius 1 is 1.14 bits per heavy atom. The number of aromatic nitrogens is 2. The van der Waals surface area contributed by atoms with Crippen LogP contribution in [-0.2, 0) is 0 Å². The number of hydrogen-bond acceptors (Lipinski definition) is 5. The van der Waals surface area contributed by atoms with Crippen LogP contribution in [0.15, 0.2) is 41.9 Å². The van der Waals surface area contributed by atoms with Crippen LogP contribution in [-0.4, -0.2) is 27.0 Å². The normalized spacial score (nSPS) is 10.5. The number of anilines is 1. The largest absolute Gasteiger partial charge is 0.477 e. The lowest BCUT2D eigenvalue weighted by molar-refractivity contribution is 0.0690. The van der Waals surface area contributed by atoms with Gasteiger partial charge < -0.3 is 10.4 Å². The average molecular weight is 299 g/mol. The maximum absolute atomic E-state index is 12.1. The molecule has 0 aliphatic carbocycles. The van der Waals surface area contributed by atoms with E-state index in [1.807, 2.05) is 12.1 Å².